The molecule has 5 heteroatoms. The first-order valence-electron chi connectivity index (χ1n) is 7.14. The number of methoxy groups -OCH3 is 1. The summed E-state index contributed by atoms with van der Waals surface area (Å²) >= 11 is 0. The molecule has 2 rings (SSSR count). The van der Waals surface area contributed by atoms with Crippen molar-refractivity contribution in [1.29, 1.82) is 0 Å². The number of hydrogen-bond acceptors (Lipinski definition) is 4. The van der Waals surface area contributed by atoms with Crippen molar-refractivity contribution < 1.29 is 14.4 Å². The molecule has 0 aliphatic rings. The molecule has 0 unspecified atom stereocenters. The van der Waals surface area contributed by atoms with E-state index in [4.69, 9.17) is 9.47 Å². The van der Waals surface area contributed by atoms with E-state index < -0.39 is 0 Å². The fraction of sp³-hybridized carbons (Fsp3) is 0.294. The van der Waals surface area contributed by atoms with Crippen LogP contribution < -0.4 is 9.47 Å². The molecule has 2 aromatic rings. The molecule has 116 valence electrons. The second kappa shape index (κ2) is 8.02. The van der Waals surface area contributed by atoms with Gasteiger partial charge in [-0.3, -0.25) is 10.1 Å². The molecule has 0 aliphatic carbocycles. The average molecular weight is 301 g/mol. The van der Waals surface area contributed by atoms with Crippen LogP contribution in [0.5, 0.6) is 11.5 Å². The SMILES string of the molecule is COc1ccc(CCC[N+](=O)[O-])cc1OCc1ccccc1. The molecule has 0 fully saturated rings. The van der Waals surface area contributed by atoms with Gasteiger partial charge in [0.05, 0.1) is 7.11 Å². The van der Waals surface area contributed by atoms with Crippen LogP contribution in [0.2, 0.25) is 0 Å². The lowest BCUT2D eigenvalue weighted by atomic mass is 10.1. The maximum atomic E-state index is 10.4. The number of ether oxygens (including phenoxy) is 2. The Morgan fingerprint density at radius 3 is 2.50 bits per heavy atom. The minimum atomic E-state index is -0.295. The molecule has 0 spiro atoms. The first kappa shape index (κ1) is 15.8. The largest absolute Gasteiger partial charge is 0.493 e. The van der Waals surface area contributed by atoms with Crippen molar-refractivity contribution in [2.24, 2.45) is 0 Å². The molecule has 2 aromatic carbocycles. The maximum Gasteiger partial charge on any atom is 0.204 e. The fourth-order valence-electron chi connectivity index (χ4n) is 2.14. The van der Waals surface area contributed by atoms with Crippen LogP contribution in [0.15, 0.2) is 48.5 Å². The van der Waals surface area contributed by atoms with Crippen molar-refractivity contribution in [3.05, 3.63) is 69.8 Å². The molecule has 0 saturated heterocycles. The van der Waals surface area contributed by atoms with E-state index in [1.54, 1.807) is 7.11 Å². The summed E-state index contributed by atoms with van der Waals surface area (Å²) in [6, 6.07) is 15.5. The number of benzene rings is 2. The normalized spacial score (nSPS) is 10.2. The van der Waals surface area contributed by atoms with E-state index >= 15 is 0 Å². The van der Waals surface area contributed by atoms with E-state index in [0.717, 1.165) is 11.1 Å². The van der Waals surface area contributed by atoms with E-state index in [1.807, 2.05) is 48.5 Å². The van der Waals surface area contributed by atoms with Gasteiger partial charge in [0.2, 0.25) is 6.54 Å². The predicted molar refractivity (Wildman–Crippen MR) is 84.0 cm³/mol. The van der Waals surface area contributed by atoms with Gasteiger partial charge < -0.3 is 9.47 Å². The highest BCUT2D eigenvalue weighted by Gasteiger charge is 2.07. The molecule has 0 heterocycles. The minimum absolute atomic E-state index is 0.0216. The van der Waals surface area contributed by atoms with Crippen LogP contribution in [0.1, 0.15) is 17.5 Å². The number of nitro groups is 1. The Morgan fingerprint density at radius 2 is 1.82 bits per heavy atom. The van der Waals surface area contributed by atoms with Crippen molar-refractivity contribution in [3.63, 3.8) is 0 Å². The third-order valence-electron chi connectivity index (χ3n) is 3.27. The van der Waals surface area contributed by atoms with Crippen LogP contribution in [-0.4, -0.2) is 18.6 Å². The van der Waals surface area contributed by atoms with E-state index in [2.05, 4.69) is 0 Å². The summed E-state index contributed by atoms with van der Waals surface area (Å²) < 4.78 is 11.1. The van der Waals surface area contributed by atoms with Gasteiger partial charge in [-0.05, 0) is 29.7 Å². The van der Waals surface area contributed by atoms with Crippen molar-refractivity contribution in [3.8, 4) is 11.5 Å². The lowest BCUT2D eigenvalue weighted by Crippen LogP contribution is -2.02. The summed E-state index contributed by atoms with van der Waals surface area (Å²) in [5.41, 5.74) is 2.08. The lowest BCUT2D eigenvalue weighted by Gasteiger charge is -2.12. The van der Waals surface area contributed by atoms with Gasteiger partial charge in [-0.15, -0.1) is 0 Å². The quantitative estimate of drug-likeness (QED) is 0.553. The summed E-state index contributed by atoms with van der Waals surface area (Å²) in [5, 5.41) is 10.4. The van der Waals surface area contributed by atoms with Gasteiger partial charge in [-0.25, -0.2) is 0 Å². The fourth-order valence-corrected chi connectivity index (χ4v) is 2.14. The molecule has 0 amide bonds. The van der Waals surface area contributed by atoms with Crippen LogP contribution in [0.4, 0.5) is 0 Å². The summed E-state index contributed by atoms with van der Waals surface area (Å²) in [4.78, 5) is 10.1. The molecule has 0 N–H and O–H groups in total. The Balaban J connectivity index is 2.02. The van der Waals surface area contributed by atoms with Crippen LogP contribution in [-0.2, 0) is 13.0 Å². The highest BCUT2D eigenvalue weighted by atomic mass is 16.6. The summed E-state index contributed by atoms with van der Waals surface area (Å²) in [6.45, 7) is 0.432. The number of rotatable bonds is 8. The highest BCUT2D eigenvalue weighted by molar-refractivity contribution is 5.43. The number of hydrogen-bond donors (Lipinski definition) is 0. The maximum absolute atomic E-state index is 10.4. The molecule has 0 radical (unpaired) electrons. The van der Waals surface area contributed by atoms with Crippen LogP contribution in [0, 0.1) is 10.1 Å². The summed E-state index contributed by atoms with van der Waals surface area (Å²) in [7, 11) is 1.59. The van der Waals surface area contributed by atoms with E-state index in [-0.39, 0.29) is 11.5 Å². The van der Waals surface area contributed by atoms with Crippen LogP contribution in [0.3, 0.4) is 0 Å². The molecule has 0 atom stereocenters. The summed E-state index contributed by atoms with van der Waals surface area (Å²) in [6.07, 6.45) is 1.16. The second-order valence-electron chi connectivity index (χ2n) is 4.92. The second-order valence-corrected chi connectivity index (χ2v) is 4.92. The van der Waals surface area contributed by atoms with Gasteiger partial charge in [-0.2, -0.15) is 0 Å². The first-order chi connectivity index (χ1) is 10.7. The van der Waals surface area contributed by atoms with Gasteiger partial charge in [0.25, 0.3) is 0 Å². The lowest BCUT2D eigenvalue weighted by molar-refractivity contribution is -0.480. The third-order valence-corrected chi connectivity index (χ3v) is 3.27. The van der Waals surface area contributed by atoms with Crippen molar-refractivity contribution >= 4 is 0 Å². The zero-order valence-corrected chi connectivity index (χ0v) is 12.5. The minimum Gasteiger partial charge on any atom is -0.493 e. The molecule has 5 nitrogen and oxygen atoms in total. The third kappa shape index (κ3) is 4.77. The Bertz CT molecular complexity index is 613. The van der Waals surface area contributed by atoms with Crippen LogP contribution in [0.25, 0.3) is 0 Å². The molecule has 0 bridgehead atoms. The van der Waals surface area contributed by atoms with Gasteiger partial charge in [0.15, 0.2) is 11.5 Å². The molecular formula is C17H19NO4. The standard InChI is InChI=1S/C17H19NO4/c1-21-16-10-9-14(8-5-11-18(19)20)12-17(16)22-13-15-6-3-2-4-7-15/h2-4,6-7,9-10,12H,5,8,11,13H2,1H3. The number of nitrogens with zero attached hydrogens (tertiary/aromatic N) is 1. The van der Waals surface area contributed by atoms with E-state index in [1.165, 1.54) is 0 Å². The van der Waals surface area contributed by atoms with Gasteiger partial charge in [0, 0.05) is 11.3 Å². The van der Waals surface area contributed by atoms with Crippen molar-refractivity contribution in [2.45, 2.75) is 19.4 Å². The molecule has 0 aliphatic heterocycles. The Kier molecular flexibility index (Phi) is 5.77. The Labute approximate surface area is 129 Å². The van der Waals surface area contributed by atoms with Gasteiger partial charge >= 0.3 is 0 Å². The zero-order chi connectivity index (χ0) is 15.8. The van der Waals surface area contributed by atoms with Crippen molar-refractivity contribution in [2.75, 3.05) is 13.7 Å². The average Bonchev–Trinajstić information content (AvgIpc) is 2.54. The monoisotopic (exact) mass is 301 g/mol. The van der Waals surface area contributed by atoms with Crippen LogP contribution >= 0.6 is 0 Å². The Morgan fingerprint density at radius 1 is 1.05 bits per heavy atom. The molecule has 0 saturated carbocycles. The smallest absolute Gasteiger partial charge is 0.204 e. The topological polar surface area (TPSA) is 61.6 Å². The van der Waals surface area contributed by atoms with E-state index in [9.17, 15) is 10.1 Å². The van der Waals surface area contributed by atoms with Crippen molar-refractivity contribution in [1.82, 2.24) is 0 Å². The van der Waals surface area contributed by atoms with Gasteiger partial charge in [0.1, 0.15) is 6.61 Å². The highest BCUT2D eigenvalue weighted by Crippen LogP contribution is 2.29. The van der Waals surface area contributed by atoms with E-state index in [0.29, 0.717) is 30.9 Å². The van der Waals surface area contributed by atoms with Gasteiger partial charge in [-0.1, -0.05) is 36.4 Å². The zero-order valence-electron chi connectivity index (χ0n) is 12.5. The molecule has 0 aromatic heterocycles. The summed E-state index contributed by atoms with van der Waals surface area (Å²) in [5.74, 6) is 1.32. The number of aryl methyl sites for hydroxylation is 1. The predicted octanol–water partition coefficient (Wildman–Crippen LogP) is 3.48. The Hall–Kier alpha value is -2.56. The molecular weight excluding hydrogens is 282 g/mol. The molecule has 22 heavy (non-hydrogen) atoms. The first-order valence-corrected chi connectivity index (χ1v) is 7.14.